The van der Waals surface area contributed by atoms with Gasteiger partial charge < -0.3 is 75.8 Å². The molecule has 4 aromatic rings. The predicted molar refractivity (Wildman–Crippen MR) is 313 cm³/mol. The average Bonchev–Trinajstić information content (AvgIpc) is 4.51. The topological polar surface area (TPSA) is 161 Å². The molecule has 0 bridgehead atoms. The molecule has 0 spiro atoms. The second-order valence-electron chi connectivity index (χ2n) is 23.0. The number of nitrogens with zero attached hydrogens (tertiary/aromatic N) is 4. The third-order valence-electron chi connectivity index (χ3n) is 17.7. The van der Waals surface area contributed by atoms with Crippen LogP contribution in [0, 0.1) is 23.7 Å². The van der Waals surface area contributed by atoms with Crippen molar-refractivity contribution in [2.75, 3.05) is 187 Å². The molecule has 0 aliphatic carbocycles. The van der Waals surface area contributed by atoms with E-state index in [0.29, 0.717) is 46.7 Å². The lowest BCUT2D eigenvalue weighted by molar-refractivity contribution is 0.0236. The lowest BCUT2D eigenvalue weighted by atomic mass is 9.79. The molecule has 0 aromatic heterocycles. The summed E-state index contributed by atoms with van der Waals surface area (Å²) in [6.07, 6.45) is 8.17. The van der Waals surface area contributed by atoms with Gasteiger partial charge in [0.15, 0.2) is 46.0 Å². The zero-order chi connectivity index (χ0) is 57.5. The normalized spacial score (nSPS) is 20.0. The van der Waals surface area contributed by atoms with E-state index in [9.17, 15) is 0 Å². The smallest absolute Gasteiger partial charge is 0.231 e. The van der Waals surface area contributed by atoms with Crippen molar-refractivity contribution in [2.45, 2.75) is 51.4 Å². The van der Waals surface area contributed by atoms with E-state index in [1.165, 1.54) is 22.3 Å². The van der Waals surface area contributed by atoms with Gasteiger partial charge in [-0.1, -0.05) is 0 Å². The van der Waals surface area contributed by atoms with Crippen molar-refractivity contribution >= 4 is 0 Å². The van der Waals surface area contributed by atoms with Crippen molar-refractivity contribution in [3.05, 3.63) is 70.8 Å². The summed E-state index contributed by atoms with van der Waals surface area (Å²) in [5, 5.41) is 0. The Morgan fingerprint density at radius 2 is 0.595 bits per heavy atom. The van der Waals surface area contributed by atoms with Gasteiger partial charge in [0.2, 0.25) is 50.2 Å². The van der Waals surface area contributed by atoms with Crippen LogP contribution in [0.2, 0.25) is 0 Å². The fourth-order valence-electron chi connectivity index (χ4n) is 13.2. The molecule has 8 aliphatic rings. The maximum atomic E-state index is 5.79. The highest BCUT2D eigenvalue weighted by Gasteiger charge is 2.33. The van der Waals surface area contributed by atoms with E-state index in [0.717, 1.165) is 229 Å². The number of hydrogen-bond acceptors (Lipinski definition) is 20. The molecule has 20 nitrogen and oxygen atoms in total. The number of fused-ring (bicyclic) bond motifs is 4. The molecule has 4 aromatic carbocycles. The van der Waals surface area contributed by atoms with Gasteiger partial charge in [0.1, 0.15) is 0 Å². The maximum Gasteiger partial charge on any atom is 0.231 e. The SMILES string of the molecule is COc1cc(C[C@@H](CCCN2CCOCC2)[C@@H](Cc2cc(OC)c3c(c2)OCO3)CN2CCOCC2)cc2c1OCO2.COc1cc(C[C@H](CN2CCOCC2)[C@@H](CCCN2CCOCC2)Cc2cc(OC)c3c(c2)OCO3)cc2c1OCO2. The van der Waals surface area contributed by atoms with Crippen LogP contribution in [0.1, 0.15) is 47.9 Å². The maximum absolute atomic E-state index is 5.79. The Kier molecular flexibility index (Phi) is 21.4. The standard InChI is InChI=1S/2C32H44N2O8/c2*1-35-27-16-23(18-29-31(27)41-21-39-29)14-25(4-3-5-33-6-10-37-11-7-33)26(20-34-8-12-38-13-9-34)15-24-17-28(36-2)32-30(19-24)40-22-42-32/h2*16-19,25-26H,3-15,20-22H2,1-2H3/t2*25-,26+/m10/s1. The van der Waals surface area contributed by atoms with E-state index < -0.39 is 0 Å². The van der Waals surface area contributed by atoms with Gasteiger partial charge in [-0.05, 0) is 159 Å². The van der Waals surface area contributed by atoms with Gasteiger partial charge in [-0.3, -0.25) is 19.6 Å². The van der Waals surface area contributed by atoms with Crippen molar-refractivity contribution < 1.29 is 75.8 Å². The number of morpholine rings is 4. The number of benzene rings is 4. The monoisotopic (exact) mass is 1170 g/mol. The van der Waals surface area contributed by atoms with Crippen LogP contribution in [0.5, 0.6) is 69.0 Å². The predicted octanol–water partition coefficient (Wildman–Crippen LogP) is 7.25. The molecule has 84 heavy (non-hydrogen) atoms. The Morgan fingerprint density at radius 1 is 0.333 bits per heavy atom. The van der Waals surface area contributed by atoms with Crippen LogP contribution < -0.4 is 56.8 Å². The van der Waals surface area contributed by atoms with E-state index in [1.807, 2.05) is 0 Å². The molecular weight excluding hydrogens is 1080 g/mol. The van der Waals surface area contributed by atoms with Crippen LogP contribution in [0.25, 0.3) is 0 Å². The Hall–Kier alpha value is -5.84. The van der Waals surface area contributed by atoms with Crippen LogP contribution in [0.4, 0.5) is 0 Å². The third-order valence-corrected chi connectivity index (χ3v) is 17.7. The summed E-state index contributed by atoms with van der Waals surface area (Å²) in [6.45, 7) is 19.4. The van der Waals surface area contributed by atoms with E-state index >= 15 is 0 Å². The fourth-order valence-corrected chi connectivity index (χ4v) is 13.2. The minimum Gasteiger partial charge on any atom is -0.493 e. The number of hydrogen-bond donors (Lipinski definition) is 0. The molecule has 0 radical (unpaired) electrons. The highest BCUT2D eigenvalue weighted by Crippen LogP contribution is 2.47. The zero-order valence-corrected chi connectivity index (χ0v) is 49.9. The highest BCUT2D eigenvalue weighted by atomic mass is 16.7. The first-order valence-electron chi connectivity index (χ1n) is 30.5. The quantitative estimate of drug-likeness (QED) is 0.0618. The summed E-state index contributed by atoms with van der Waals surface area (Å²) < 4.78 is 91.2. The molecule has 8 heterocycles. The number of ether oxygens (including phenoxy) is 16. The summed E-state index contributed by atoms with van der Waals surface area (Å²) in [6, 6.07) is 17.0. The Balaban J connectivity index is 0.000000175. The molecular formula is C64H88N4O16. The molecule has 4 saturated heterocycles. The molecule has 4 fully saturated rings. The first-order valence-corrected chi connectivity index (χ1v) is 30.5. The van der Waals surface area contributed by atoms with Crippen molar-refractivity contribution in [3.63, 3.8) is 0 Å². The molecule has 0 saturated carbocycles. The molecule has 4 atom stereocenters. The van der Waals surface area contributed by atoms with Crippen molar-refractivity contribution in [1.29, 1.82) is 0 Å². The second kappa shape index (κ2) is 30.0. The number of rotatable bonds is 26. The van der Waals surface area contributed by atoms with Crippen LogP contribution in [0.15, 0.2) is 48.5 Å². The van der Waals surface area contributed by atoms with Gasteiger partial charge >= 0.3 is 0 Å². The second-order valence-corrected chi connectivity index (χ2v) is 23.0. The molecule has 0 unspecified atom stereocenters. The molecule has 460 valence electrons. The minimum absolute atomic E-state index is 0.225. The van der Waals surface area contributed by atoms with Gasteiger partial charge in [-0.25, -0.2) is 0 Å². The lowest BCUT2D eigenvalue weighted by Gasteiger charge is -2.35. The molecule has 12 rings (SSSR count). The summed E-state index contributed by atoms with van der Waals surface area (Å²) in [7, 11) is 6.76. The minimum atomic E-state index is 0.225. The first-order chi connectivity index (χ1) is 41.4. The Labute approximate surface area is 495 Å². The van der Waals surface area contributed by atoms with Crippen LogP contribution in [-0.4, -0.2) is 207 Å². The highest BCUT2D eigenvalue weighted by molar-refractivity contribution is 5.58. The fraction of sp³-hybridized carbons (Fsp3) is 0.625. The molecule has 8 aliphatic heterocycles. The van der Waals surface area contributed by atoms with Gasteiger partial charge in [0, 0.05) is 65.4 Å². The van der Waals surface area contributed by atoms with Gasteiger partial charge in [-0.15, -0.1) is 0 Å². The van der Waals surface area contributed by atoms with Crippen LogP contribution in [0.3, 0.4) is 0 Å². The summed E-state index contributed by atoms with van der Waals surface area (Å²) in [4.78, 5) is 10.2. The largest absolute Gasteiger partial charge is 0.493 e. The summed E-state index contributed by atoms with van der Waals surface area (Å²) >= 11 is 0. The van der Waals surface area contributed by atoms with Gasteiger partial charge in [0.25, 0.3) is 0 Å². The van der Waals surface area contributed by atoms with Gasteiger partial charge in [-0.2, -0.15) is 0 Å². The van der Waals surface area contributed by atoms with E-state index in [1.54, 1.807) is 28.4 Å². The lowest BCUT2D eigenvalue weighted by Crippen LogP contribution is -2.42. The summed E-state index contributed by atoms with van der Waals surface area (Å²) in [5.41, 5.74) is 4.83. The molecule has 0 amide bonds. The van der Waals surface area contributed by atoms with Crippen molar-refractivity contribution in [2.24, 2.45) is 23.7 Å². The van der Waals surface area contributed by atoms with E-state index in [4.69, 9.17) is 75.8 Å². The summed E-state index contributed by atoms with van der Waals surface area (Å²) in [5.74, 6) is 10.4. The molecule has 20 heteroatoms. The molecule has 0 N–H and O–H groups in total. The Bertz CT molecular complexity index is 2550. The van der Waals surface area contributed by atoms with Crippen LogP contribution >= 0.6 is 0 Å². The Morgan fingerprint density at radius 3 is 0.869 bits per heavy atom. The van der Waals surface area contributed by atoms with Crippen molar-refractivity contribution in [1.82, 2.24) is 19.6 Å². The average molecular weight is 1170 g/mol. The van der Waals surface area contributed by atoms with Crippen molar-refractivity contribution in [3.8, 4) is 69.0 Å². The van der Waals surface area contributed by atoms with Gasteiger partial charge in [0.05, 0.1) is 81.3 Å². The number of methoxy groups -OCH3 is 4. The zero-order valence-electron chi connectivity index (χ0n) is 49.9. The third kappa shape index (κ3) is 15.6. The van der Waals surface area contributed by atoms with Crippen LogP contribution in [-0.2, 0) is 44.6 Å². The van der Waals surface area contributed by atoms with E-state index in [-0.39, 0.29) is 27.2 Å². The van der Waals surface area contributed by atoms with E-state index in [2.05, 4.69) is 68.1 Å². The first kappa shape index (κ1) is 59.9.